The van der Waals surface area contributed by atoms with Crippen molar-refractivity contribution in [2.45, 2.75) is 22.4 Å². The number of alkyl halides is 8. The van der Waals surface area contributed by atoms with Crippen molar-refractivity contribution in [2.75, 3.05) is 0 Å². The van der Waals surface area contributed by atoms with E-state index in [9.17, 15) is 35.1 Å². The molecular weight excluding hydrogens is 264 g/mol. The summed E-state index contributed by atoms with van der Waals surface area (Å²) < 4.78 is 95.6. The van der Waals surface area contributed by atoms with E-state index < -0.39 is 22.4 Å². The lowest BCUT2D eigenvalue weighted by Crippen LogP contribution is -2.58. The SMILES string of the molecule is FC(F)(S)C(F)(F)C(F)(F)C(F)(F)S. The van der Waals surface area contributed by atoms with Crippen LogP contribution in [0.2, 0.25) is 0 Å². The van der Waals surface area contributed by atoms with Gasteiger partial charge in [-0.2, -0.15) is 35.1 Å². The highest BCUT2D eigenvalue weighted by Crippen LogP contribution is 2.54. The van der Waals surface area contributed by atoms with E-state index in [-0.39, 0.29) is 0 Å². The van der Waals surface area contributed by atoms with Crippen LogP contribution in [0.1, 0.15) is 0 Å². The molecule has 0 aliphatic rings. The van der Waals surface area contributed by atoms with Crippen molar-refractivity contribution < 1.29 is 35.1 Å². The topological polar surface area (TPSA) is 0 Å². The first-order chi connectivity index (χ1) is 5.75. The van der Waals surface area contributed by atoms with Gasteiger partial charge in [0.1, 0.15) is 0 Å². The summed E-state index contributed by atoms with van der Waals surface area (Å²) in [5.74, 6) is -12.6. The highest BCUT2D eigenvalue weighted by atomic mass is 32.1. The van der Waals surface area contributed by atoms with E-state index in [4.69, 9.17) is 0 Å². The Morgan fingerprint density at radius 3 is 0.714 bits per heavy atom. The van der Waals surface area contributed by atoms with E-state index >= 15 is 0 Å². The molecule has 0 saturated heterocycles. The quantitative estimate of drug-likeness (QED) is 0.568. The molecular formula is C4H2F8S2. The van der Waals surface area contributed by atoms with Gasteiger partial charge in [0, 0.05) is 0 Å². The molecule has 0 unspecified atom stereocenters. The van der Waals surface area contributed by atoms with Crippen LogP contribution >= 0.6 is 25.3 Å². The number of hydrogen-bond acceptors (Lipinski definition) is 2. The first-order valence-corrected chi connectivity index (χ1v) is 3.60. The maximum absolute atomic E-state index is 12.1. The Hall–Kier alpha value is 0.140. The van der Waals surface area contributed by atoms with Crippen LogP contribution in [-0.2, 0) is 0 Å². The fourth-order valence-electron chi connectivity index (χ4n) is 0.378. The molecule has 0 heterocycles. The molecule has 0 rings (SSSR count). The zero-order chi connectivity index (χ0) is 12.0. The molecule has 0 atom stereocenters. The van der Waals surface area contributed by atoms with Crippen molar-refractivity contribution in [3.63, 3.8) is 0 Å². The highest BCUT2D eigenvalue weighted by Gasteiger charge is 2.78. The summed E-state index contributed by atoms with van der Waals surface area (Å²) in [7, 11) is 0. The molecule has 0 N–H and O–H groups in total. The Bertz CT molecular complexity index is 188. The van der Waals surface area contributed by atoms with Crippen molar-refractivity contribution in [2.24, 2.45) is 0 Å². The van der Waals surface area contributed by atoms with Crippen molar-refractivity contribution in [3.8, 4) is 0 Å². The first kappa shape index (κ1) is 14.1. The van der Waals surface area contributed by atoms with Gasteiger partial charge in [-0.3, -0.25) is 0 Å². The second kappa shape index (κ2) is 3.32. The largest absolute Gasteiger partial charge is 0.388 e. The number of halogens is 8. The fourth-order valence-corrected chi connectivity index (χ4v) is 0.659. The molecule has 0 nitrogen and oxygen atoms in total. The molecule has 0 spiro atoms. The summed E-state index contributed by atoms with van der Waals surface area (Å²) in [6, 6.07) is 0. The van der Waals surface area contributed by atoms with Crippen LogP contribution < -0.4 is 0 Å². The van der Waals surface area contributed by atoms with Gasteiger partial charge in [0.05, 0.1) is 0 Å². The molecule has 0 aliphatic carbocycles. The lowest BCUT2D eigenvalue weighted by Gasteiger charge is -2.32. The van der Waals surface area contributed by atoms with Crippen LogP contribution in [0.5, 0.6) is 0 Å². The molecule has 0 bridgehead atoms. The monoisotopic (exact) mass is 266 g/mol. The van der Waals surface area contributed by atoms with Crippen LogP contribution in [0, 0.1) is 0 Å². The molecule has 86 valence electrons. The molecule has 0 aliphatic heterocycles. The van der Waals surface area contributed by atoms with E-state index in [1.54, 1.807) is 0 Å². The van der Waals surface area contributed by atoms with Gasteiger partial charge >= 0.3 is 22.4 Å². The molecule has 0 amide bonds. The Labute approximate surface area is 83.5 Å². The number of hydrogen-bond donors (Lipinski definition) is 2. The lowest BCUT2D eigenvalue weighted by atomic mass is 10.2. The zero-order valence-corrected chi connectivity index (χ0v) is 7.71. The molecule has 14 heavy (non-hydrogen) atoms. The molecule has 0 aromatic heterocycles. The summed E-state index contributed by atoms with van der Waals surface area (Å²) in [6.45, 7) is 0. The van der Waals surface area contributed by atoms with E-state index in [2.05, 4.69) is 0 Å². The predicted molar refractivity (Wildman–Crippen MR) is 37.8 cm³/mol. The Morgan fingerprint density at radius 1 is 0.500 bits per heavy atom. The van der Waals surface area contributed by atoms with Gasteiger partial charge in [-0.1, -0.05) is 25.3 Å². The number of rotatable bonds is 3. The van der Waals surface area contributed by atoms with Crippen molar-refractivity contribution in [1.29, 1.82) is 0 Å². The van der Waals surface area contributed by atoms with Gasteiger partial charge < -0.3 is 0 Å². The van der Waals surface area contributed by atoms with Crippen molar-refractivity contribution in [3.05, 3.63) is 0 Å². The normalized spacial score (nSPS) is 15.9. The van der Waals surface area contributed by atoms with Gasteiger partial charge in [0.15, 0.2) is 0 Å². The Kier molecular flexibility index (Phi) is 3.36. The summed E-state index contributed by atoms with van der Waals surface area (Å²) in [4.78, 5) is 0. The van der Waals surface area contributed by atoms with Gasteiger partial charge in [0.25, 0.3) is 0 Å². The van der Waals surface area contributed by atoms with Crippen LogP contribution in [0.25, 0.3) is 0 Å². The standard InChI is InChI=1S/C4H2F8S2/c5-1(6,3(9,10)13)2(7,8)4(11,12)14/h13-14H. The third-order valence-electron chi connectivity index (χ3n) is 1.15. The van der Waals surface area contributed by atoms with Crippen LogP contribution in [0.4, 0.5) is 35.1 Å². The van der Waals surface area contributed by atoms with Gasteiger partial charge in [0.2, 0.25) is 0 Å². The average molecular weight is 266 g/mol. The second-order valence-electron chi connectivity index (χ2n) is 2.23. The second-order valence-corrected chi connectivity index (χ2v) is 3.35. The first-order valence-electron chi connectivity index (χ1n) is 2.71. The highest BCUT2D eigenvalue weighted by molar-refractivity contribution is 7.81. The van der Waals surface area contributed by atoms with E-state index in [1.165, 1.54) is 0 Å². The molecule has 0 aromatic carbocycles. The number of thiol groups is 2. The summed E-state index contributed by atoms with van der Waals surface area (Å²) in [5, 5.41) is -11.2. The minimum absolute atomic E-state index is 1.83. The average Bonchev–Trinajstić information content (AvgIpc) is 1.81. The fraction of sp³-hybridized carbons (Fsp3) is 1.00. The van der Waals surface area contributed by atoms with Crippen molar-refractivity contribution in [1.82, 2.24) is 0 Å². The predicted octanol–water partition coefficient (Wildman–Crippen LogP) is 3.30. The lowest BCUT2D eigenvalue weighted by molar-refractivity contribution is -0.321. The molecule has 0 fully saturated rings. The minimum atomic E-state index is -6.31. The van der Waals surface area contributed by atoms with E-state index in [0.717, 1.165) is 0 Å². The molecule has 10 heteroatoms. The van der Waals surface area contributed by atoms with Crippen molar-refractivity contribution >= 4 is 25.3 Å². The third kappa shape index (κ3) is 2.05. The minimum Gasteiger partial charge on any atom is -0.191 e. The van der Waals surface area contributed by atoms with Crippen LogP contribution in [-0.4, -0.2) is 22.4 Å². The summed E-state index contributed by atoms with van der Waals surface area (Å²) in [5.41, 5.74) is 0. The van der Waals surface area contributed by atoms with Gasteiger partial charge in [-0.15, -0.1) is 0 Å². The smallest absolute Gasteiger partial charge is 0.191 e. The maximum Gasteiger partial charge on any atom is 0.388 e. The Balaban J connectivity index is 5.30. The molecule has 0 saturated carbocycles. The molecule has 0 aromatic rings. The third-order valence-corrected chi connectivity index (χ3v) is 1.71. The maximum atomic E-state index is 12.1. The molecule has 0 radical (unpaired) electrons. The van der Waals surface area contributed by atoms with Gasteiger partial charge in [-0.05, 0) is 0 Å². The van der Waals surface area contributed by atoms with E-state index in [0.29, 0.717) is 0 Å². The van der Waals surface area contributed by atoms with Crippen LogP contribution in [0.15, 0.2) is 0 Å². The Morgan fingerprint density at radius 2 is 0.643 bits per heavy atom. The zero-order valence-electron chi connectivity index (χ0n) is 5.92. The summed E-state index contributed by atoms with van der Waals surface area (Å²) >= 11 is 3.66. The summed E-state index contributed by atoms with van der Waals surface area (Å²) in [6.07, 6.45) is 0. The van der Waals surface area contributed by atoms with Gasteiger partial charge in [-0.25, -0.2) is 0 Å². The van der Waals surface area contributed by atoms with Crippen LogP contribution in [0.3, 0.4) is 0 Å². The van der Waals surface area contributed by atoms with E-state index in [1.807, 2.05) is 25.3 Å².